The molecule has 0 spiro atoms. The van der Waals surface area contributed by atoms with Gasteiger partial charge in [-0.3, -0.25) is 9.59 Å². The summed E-state index contributed by atoms with van der Waals surface area (Å²) in [6.45, 7) is 7.16. The van der Waals surface area contributed by atoms with Crippen LogP contribution in [0.4, 0.5) is 0 Å². The highest BCUT2D eigenvalue weighted by atomic mass is 16.5. The first-order chi connectivity index (χ1) is 11.8. The largest absolute Gasteiger partial charge is 0.469 e. The van der Waals surface area contributed by atoms with Gasteiger partial charge in [-0.25, -0.2) is 0 Å². The van der Waals surface area contributed by atoms with Gasteiger partial charge in [-0.05, 0) is 79.1 Å². The first-order valence-electron chi connectivity index (χ1n) is 10.1. The molecule has 0 aromatic carbocycles. The van der Waals surface area contributed by atoms with Crippen LogP contribution in [-0.4, -0.2) is 18.9 Å². The number of ketones is 1. The Labute approximate surface area is 151 Å². The number of hydrogen-bond acceptors (Lipinski definition) is 3. The third kappa shape index (κ3) is 2.30. The highest BCUT2D eigenvalue weighted by Gasteiger charge is 2.61. The molecule has 0 heterocycles. The van der Waals surface area contributed by atoms with E-state index in [9.17, 15) is 9.59 Å². The summed E-state index contributed by atoms with van der Waals surface area (Å²) < 4.78 is 5.14. The fraction of sp³-hybridized carbons (Fsp3) is 0.818. The van der Waals surface area contributed by atoms with E-state index < -0.39 is 0 Å². The Morgan fingerprint density at radius 1 is 1.16 bits per heavy atom. The summed E-state index contributed by atoms with van der Waals surface area (Å²) in [5, 5.41) is 0. The highest BCUT2D eigenvalue weighted by molar-refractivity contribution is 5.91. The van der Waals surface area contributed by atoms with E-state index in [1.165, 1.54) is 19.1 Å². The molecule has 138 valence electrons. The van der Waals surface area contributed by atoms with Gasteiger partial charge in [0.25, 0.3) is 0 Å². The van der Waals surface area contributed by atoms with Gasteiger partial charge in [-0.15, -0.1) is 0 Å². The lowest BCUT2D eigenvalue weighted by molar-refractivity contribution is -0.154. The molecule has 0 aliphatic heterocycles. The standard InChI is InChI=1S/C22H32O3/c1-13-11-14-12-15(23)7-9-21(14,2)17-8-10-22(3)16(19(13)17)5-6-18(22)20(24)25-4/h12-13,16-19H,5-11H2,1-4H3/t13?,16-,17+,18?,19-,21-,22-/m0/s1. The van der Waals surface area contributed by atoms with E-state index in [0.29, 0.717) is 35.9 Å². The van der Waals surface area contributed by atoms with Crippen molar-refractivity contribution in [2.24, 2.45) is 40.4 Å². The predicted molar refractivity (Wildman–Crippen MR) is 96.8 cm³/mol. The van der Waals surface area contributed by atoms with Crippen LogP contribution in [0.5, 0.6) is 0 Å². The maximum Gasteiger partial charge on any atom is 0.309 e. The van der Waals surface area contributed by atoms with Gasteiger partial charge in [-0.2, -0.15) is 0 Å². The van der Waals surface area contributed by atoms with Crippen LogP contribution in [0.2, 0.25) is 0 Å². The molecule has 3 heteroatoms. The van der Waals surface area contributed by atoms with Gasteiger partial charge < -0.3 is 4.74 Å². The summed E-state index contributed by atoms with van der Waals surface area (Å²) >= 11 is 0. The Balaban J connectivity index is 1.69. The van der Waals surface area contributed by atoms with E-state index in [-0.39, 0.29) is 22.7 Å². The number of fused-ring (bicyclic) bond motifs is 5. The zero-order valence-electron chi connectivity index (χ0n) is 16.1. The summed E-state index contributed by atoms with van der Waals surface area (Å²) in [6, 6.07) is 0. The second-order valence-electron chi connectivity index (χ2n) is 9.72. The molecular formula is C22H32O3. The maximum absolute atomic E-state index is 12.4. The summed E-state index contributed by atoms with van der Waals surface area (Å²) in [7, 11) is 1.53. The zero-order valence-corrected chi connectivity index (χ0v) is 16.1. The molecule has 4 rings (SSSR count). The SMILES string of the molecule is COC(=O)C1CC[C@H]2[C@@H]3C(C)CC4=CC(=O)CC[C@]4(C)[C@@H]3CC[C@]12C. The van der Waals surface area contributed by atoms with Crippen LogP contribution in [0.1, 0.15) is 65.7 Å². The monoisotopic (exact) mass is 344 g/mol. The first-order valence-corrected chi connectivity index (χ1v) is 10.1. The Bertz CT molecular complexity index is 635. The number of methoxy groups -OCH3 is 1. The van der Waals surface area contributed by atoms with Crippen LogP contribution in [0.15, 0.2) is 11.6 Å². The molecule has 0 aromatic rings. The van der Waals surface area contributed by atoms with Crippen molar-refractivity contribution in [1.82, 2.24) is 0 Å². The number of rotatable bonds is 1. The van der Waals surface area contributed by atoms with Crippen LogP contribution in [0.3, 0.4) is 0 Å². The van der Waals surface area contributed by atoms with Gasteiger partial charge in [0.2, 0.25) is 0 Å². The molecule has 0 radical (unpaired) electrons. The first kappa shape index (κ1) is 17.3. The van der Waals surface area contributed by atoms with Crippen molar-refractivity contribution in [2.75, 3.05) is 7.11 Å². The Hall–Kier alpha value is -1.12. The average molecular weight is 344 g/mol. The number of carbonyl (C=O) groups is 2. The Kier molecular flexibility index (Phi) is 3.94. The van der Waals surface area contributed by atoms with Crippen molar-refractivity contribution in [3.05, 3.63) is 11.6 Å². The Morgan fingerprint density at radius 3 is 2.64 bits per heavy atom. The van der Waals surface area contributed by atoms with Gasteiger partial charge in [0.1, 0.15) is 0 Å². The molecule has 0 saturated heterocycles. The van der Waals surface area contributed by atoms with Crippen LogP contribution in [-0.2, 0) is 14.3 Å². The molecule has 25 heavy (non-hydrogen) atoms. The van der Waals surface area contributed by atoms with Crippen molar-refractivity contribution < 1.29 is 14.3 Å². The molecule has 4 aliphatic rings. The quantitative estimate of drug-likeness (QED) is 0.655. The smallest absolute Gasteiger partial charge is 0.309 e. The molecule has 0 N–H and O–H groups in total. The molecule has 3 fully saturated rings. The number of hydrogen-bond donors (Lipinski definition) is 0. The lowest BCUT2D eigenvalue weighted by atomic mass is 9.45. The van der Waals surface area contributed by atoms with E-state index in [0.717, 1.165) is 32.1 Å². The van der Waals surface area contributed by atoms with E-state index in [1.807, 2.05) is 6.08 Å². The van der Waals surface area contributed by atoms with Crippen LogP contribution in [0, 0.1) is 40.4 Å². The topological polar surface area (TPSA) is 43.4 Å². The second kappa shape index (κ2) is 5.69. The summed E-state index contributed by atoms with van der Waals surface area (Å²) in [5.41, 5.74) is 1.73. The molecular weight excluding hydrogens is 312 g/mol. The van der Waals surface area contributed by atoms with Gasteiger partial charge in [-0.1, -0.05) is 26.3 Å². The van der Waals surface area contributed by atoms with E-state index in [4.69, 9.17) is 4.74 Å². The van der Waals surface area contributed by atoms with Crippen molar-refractivity contribution in [2.45, 2.75) is 65.7 Å². The fourth-order valence-corrected chi connectivity index (χ4v) is 7.43. The third-order valence-corrected chi connectivity index (χ3v) is 8.80. The molecule has 3 saturated carbocycles. The second-order valence-corrected chi connectivity index (χ2v) is 9.72. The number of esters is 1. The van der Waals surface area contributed by atoms with Crippen molar-refractivity contribution >= 4 is 11.8 Å². The molecule has 0 aromatic heterocycles. The van der Waals surface area contributed by atoms with Crippen LogP contribution >= 0.6 is 0 Å². The zero-order chi connectivity index (χ0) is 18.0. The fourth-order valence-electron chi connectivity index (χ4n) is 7.43. The van der Waals surface area contributed by atoms with Crippen LogP contribution < -0.4 is 0 Å². The average Bonchev–Trinajstić information content (AvgIpc) is 2.93. The molecule has 4 aliphatic carbocycles. The lowest BCUT2D eigenvalue weighted by Gasteiger charge is -2.60. The lowest BCUT2D eigenvalue weighted by Crippen LogP contribution is -2.53. The summed E-state index contributed by atoms with van der Waals surface area (Å²) in [5.74, 6) is 2.99. The maximum atomic E-state index is 12.4. The minimum atomic E-state index is 0.00183. The molecule has 3 nitrogen and oxygen atoms in total. The van der Waals surface area contributed by atoms with Gasteiger partial charge in [0, 0.05) is 6.42 Å². The van der Waals surface area contributed by atoms with Crippen molar-refractivity contribution in [3.8, 4) is 0 Å². The molecule has 2 unspecified atom stereocenters. The van der Waals surface area contributed by atoms with Crippen LogP contribution in [0.25, 0.3) is 0 Å². The van der Waals surface area contributed by atoms with E-state index in [1.54, 1.807) is 0 Å². The normalized spacial score (nSPS) is 48.9. The number of carbonyl (C=O) groups excluding carboxylic acids is 2. The summed E-state index contributed by atoms with van der Waals surface area (Å²) in [4.78, 5) is 24.4. The van der Waals surface area contributed by atoms with Gasteiger partial charge in [0.15, 0.2) is 5.78 Å². The third-order valence-electron chi connectivity index (χ3n) is 8.80. The van der Waals surface area contributed by atoms with E-state index in [2.05, 4.69) is 20.8 Å². The van der Waals surface area contributed by atoms with Crippen molar-refractivity contribution in [1.29, 1.82) is 0 Å². The van der Waals surface area contributed by atoms with Crippen molar-refractivity contribution in [3.63, 3.8) is 0 Å². The minimum absolute atomic E-state index is 0.00183. The number of allylic oxidation sites excluding steroid dienone is 1. The summed E-state index contributed by atoms with van der Waals surface area (Å²) in [6.07, 6.45) is 9.26. The minimum Gasteiger partial charge on any atom is -0.469 e. The highest BCUT2D eigenvalue weighted by Crippen LogP contribution is 2.67. The number of ether oxygens (including phenoxy) is 1. The van der Waals surface area contributed by atoms with Gasteiger partial charge in [0.05, 0.1) is 13.0 Å². The molecule has 0 bridgehead atoms. The Morgan fingerprint density at radius 2 is 1.92 bits per heavy atom. The molecule has 0 amide bonds. The van der Waals surface area contributed by atoms with E-state index >= 15 is 0 Å². The molecule has 7 atom stereocenters. The predicted octanol–water partition coefficient (Wildman–Crippen LogP) is 4.55. The van der Waals surface area contributed by atoms with Gasteiger partial charge >= 0.3 is 5.97 Å².